The minimum Gasteiger partial charge on any atom is -0.545 e. The van der Waals surface area contributed by atoms with Gasteiger partial charge in [-0.2, -0.15) is 13.2 Å². The number of hydrogen-bond acceptors (Lipinski definition) is 4. The molecule has 2 rings (SSSR count). The van der Waals surface area contributed by atoms with Crippen LogP contribution in [0.25, 0.3) is 0 Å². The van der Waals surface area contributed by atoms with Crippen molar-refractivity contribution in [2.24, 2.45) is 0 Å². The Morgan fingerprint density at radius 3 is 2.30 bits per heavy atom. The van der Waals surface area contributed by atoms with Gasteiger partial charge in [-0.15, -0.1) is 0 Å². The second-order valence-electron chi connectivity index (χ2n) is 5.02. The first-order valence-corrected chi connectivity index (χ1v) is 7.69. The molecule has 10 heteroatoms. The Morgan fingerprint density at radius 1 is 1.07 bits per heavy atom. The predicted octanol–water partition coefficient (Wildman–Crippen LogP) is 1.49. The van der Waals surface area contributed by atoms with Crippen LogP contribution in [0.5, 0.6) is 17.2 Å². The average molecular weight is 429 g/mol. The molecule has 0 radical (unpaired) electrons. The van der Waals surface area contributed by atoms with Crippen LogP contribution in [0.2, 0.25) is 10.0 Å². The number of carbonyl (C=O) groups excluding carboxylic acids is 1. The van der Waals surface area contributed by atoms with E-state index >= 15 is 0 Å². The van der Waals surface area contributed by atoms with Gasteiger partial charge in [0, 0.05) is 11.6 Å². The van der Waals surface area contributed by atoms with Gasteiger partial charge >= 0.3 is 35.7 Å². The summed E-state index contributed by atoms with van der Waals surface area (Å²) >= 11 is 11.8. The van der Waals surface area contributed by atoms with Crippen molar-refractivity contribution in [3.8, 4) is 17.2 Å². The molecule has 2 aromatic carbocycles. The summed E-state index contributed by atoms with van der Waals surface area (Å²) in [5, 5.41) is 10.5. The van der Waals surface area contributed by atoms with Crippen LogP contribution in [-0.2, 0) is 11.0 Å². The van der Waals surface area contributed by atoms with Crippen molar-refractivity contribution < 1.29 is 62.1 Å². The first-order chi connectivity index (χ1) is 12.1. The number of aliphatic carboxylic acids is 1. The fourth-order valence-corrected chi connectivity index (χ4v) is 2.16. The first kappa shape index (κ1) is 23.7. The molecule has 2 aromatic rings. The predicted molar refractivity (Wildman–Crippen MR) is 87.6 cm³/mol. The molecule has 27 heavy (non-hydrogen) atoms. The molecule has 0 fully saturated rings. The van der Waals surface area contributed by atoms with Crippen molar-refractivity contribution in [2.45, 2.75) is 6.18 Å². The van der Waals surface area contributed by atoms with Gasteiger partial charge in [0.15, 0.2) is 0 Å². The summed E-state index contributed by atoms with van der Waals surface area (Å²) < 4.78 is 48.6. The van der Waals surface area contributed by atoms with Crippen molar-refractivity contribution in [1.82, 2.24) is 0 Å². The van der Waals surface area contributed by atoms with Crippen LogP contribution in [0, 0.1) is 0 Å². The van der Waals surface area contributed by atoms with E-state index in [2.05, 4.69) is 6.58 Å². The molecule has 0 aliphatic heterocycles. The minimum atomic E-state index is -4.52. The standard InChI is InChI=1S/C17H11Cl2F3O4.Na/c1-9(16(23)24)8-25-15-7-11(3-4-12(15)18)26-14-5-2-10(6-13(14)19)17(20,21)22;/h2-7H,1,8H2,(H,23,24);/q;+1/p-1. The monoisotopic (exact) mass is 428 g/mol. The van der Waals surface area contributed by atoms with Crippen molar-refractivity contribution in [3.63, 3.8) is 0 Å². The molecule has 0 N–H and O–H groups in total. The van der Waals surface area contributed by atoms with Gasteiger partial charge in [0.1, 0.15) is 23.9 Å². The van der Waals surface area contributed by atoms with E-state index < -0.39 is 17.7 Å². The van der Waals surface area contributed by atoms with E-state index in [9.17, 15) is 23.1 Å². The molecule has 0 spiro atoms. The Hall–Kier alpha value is -1.38. The topological polar surface area (TPSA) is 58.6 Å². The van der Waals surface area contributed by atoms with Gasteiger partial charge in [0.25, 0.3) is 0 Å². The van der Waals surface area contributed by atoms with E-state index in [4.69, 9.17) is 32.7 Å². The zero-order valence-corrected chi connectivity index (χ0v) is 17.4. The largest absolute Gasteiger partial charge is 1.00 e. The van der Waals surface area contributed by atoms with Crippen LogP contribution in [0.3, 0.4) is 0 Å². The van der Waals surface area contributed by atoms with Gasteiger partial charge in [-0.25, -0.2) is 0 Å². The Labute approximate surface area is 184 Å². The van der Waals surface area contributed by atoms with Gasteiger partial charge in [-0.05, 0) is 30.3 Å². The molecule has 0 amide bonds. The third-order valence-corrected chi connectivity index (χ3v) is 3.69. The maximum absolute atomic E-state index is 12.6. The number of carboxylic acid groups (broad SMARTS) is 1. The van der Waals surface area contributed by atoms with E-state index in [-0.39, 0.29) is 69.0 Å². The van der Waals surface area contributed by atoms with Gasteiger partial charge in [0.05, 0.1) is 21.6 Å². The number of rotatable bonds is 6. The molecular formula is C17H10Cl2F3NaO4. The van der Waals surface area contributed by atoms with Crippen LogP contribution >= 0.6 is 23.2 Å². The van der Waals surface area contributed by atoms with E-state index in [1.807, 2.05) is 0 Å². The summed E-state index contributed by atoms with van der Waals surface area (Å²) in [7, 11) is 0. The second kappa shape index (κ2) is 9.71. The average Bonchev–Trinajstić information content (AvgIpc) is 2.55. The molecule has 138 valence electrons. The Morgan fingerprint density at radius 2 is 1.74 bits per heavy atom. The number of hydrogen-bond donors (Lipinski definition) is 0. The van der Waals surface area contributed by atoms with Crippen LogP contribution < -0.4 is 44.1 Å². The van der Waals surface area contributed by atoms with Crippen molar-refractivity contribution in [2.75, 3.05) is 6.61 Å². The Bertz CT molecular complexity index is 857. The minimum absolute atomic E-state index is 0. The summed E-state index contributed by atoms with van der Waals surface area (Å²) in [6.45, 7) is 2.89. The number of halogens is 5. The smallest absolute Gasteiger partial charge is 0.545 e. The summed E-state index contributed by atoms with van der Waals surface area (Å²) in [6.07, 6.45) is -4.52. The summed E-state index contributed by atoms with van der Waals surface area (Å²) in [5.41, 5.74) is -1.20. The van der Waals surface area contributed by atoms with Crippen LogP contribution in [-0.4, -0.2) is 12.6 Å². The van der Waals surface area contributed by atoms with Crippen molar-refractivity contribution in [3.05, 3.63) is 64.2 Å². The molecular weight excluding hydrogens is 419 g/mol. The summed E-state index contributed by atoms with van der Waals surface area (Å²) in [5.74, 6) is -1.21. The van der Waals surface area contributed by atoms with Crippen molar-refractivity contribution >= 4 is 29.2 Å². The third-order valence-electron chi connectivity index (χ3n) is 3.08. The van der Waals surface area contributed by atoms with Crippen LogP contribution in [0.1, 0.15) is 5.56 Å². The van der Waals surface area contributed by atoms with E-state index in [0.29, 0.717) is 0 Å². The molecule has 0 saturated carbocycles. The number of benzene rings is 2. The van der Waals surface area contributed by atoms with Crippen LogP contribution in [0.4, 0.5) is 13.2 Å². The number of alkyl halides is 3. The molecule has 0 bridgehead atoms. The zero-order valence-electron chi connectivity index (χ0n) is 13.9. The molecule has 0 saturated heterocycles. The molecule has 0 aliphatic carbocycles. The summed E-state index contributed by atoms with van der Waals surface area (Å²) in [6, 6.07) is 6.84. The molecule has 0 aromatic heterocycles. The quantitative estimate of drug-likeness (QED) is 0.516. The van der Waals surface area contributed by atoms with E-state index in [1.54, 1.807) is 0 Å². The maximum atomic E-state index is 12.6. The fraction of sp³-hybridized carbons (Fsp3) is 0.118. The van der Waals surface area contributed by atoms with Crippen LogP contribution in [0.15, 0.2) is 48.6 Å². The number of carbonyl (C=O) groups is 1. The molecule has 0 heterocycles. The normalized spacial score (nSPS) is 10.7. The zero-order chi connectivity index (χ0) is 19.5. The number of ether oxygens (including phenoxy) is 2. The van der Waals surface area contributed by atoms with Crippen molar-refractivity contribution in [1.29, 1.82) is 0 Å². The first-order valence-electron chi connectivity index (χ1n) is 6.94. The SMILES string of the molecule is C=C(COc1cc(Oc2ccc(C(F)(F)F)cc2Cl)ccc1Cl)C(=O)[O-].[Na+]. The van der Waals surface area contributed by atoms with Gasteiger partial charge in [-0.1, -0.05) is 29.8 Å². The summed E-state index contributed by atoms with van der Waals surface area (Å²) in [4.78, 5) is 10.6. The van der Waals surface area contributed by atoms with E-state index in [0.717, 1.165) is 18.2 Å². The Kier molecular flexibility index (Phi) is 8.50. The number of carboxylic acids is 1. The van der Waals surface area contributed by atoms with Gasteiger partial charge in [0.2, 0.25) is 0 Å². The second-order valence-corrected chi connectivity index (χ2v) is 5.83. The Balaban J connectivity index is 0.00000364. The molecule has 0 unspecified atom stereocenters. The molecule has 4 nitrogen and oxygen atoms in total. The van der Waals surface area contributed by atoms with Gasteiger partial charge < -0.3 is 19.4 Å². The maximum Gasteiger partial charge on any atom is 1.00 e. The molecule has 0 atom stereocenters. The van der Waals surface area contributed by atoms with E-state index in [1.165, 1.54) is 18.2 Å². The van der Waals surface area contributed by atoms with Gasteiger partial charge in [-0.3, -0.25) is 0 Å². The molecule has 0 aliphatic rings. The third kappa shape index (κ3) is 6.62. The fourth-order valence-electron chi connectivity index (χ4n) is 1.77.